The number of benzene rings is 1. The number of nitrogens with one attached hydrogen (secondary N) is 1. The van der Waals surface area contributed by atoms with E-state index in [-0.39, 0.29) is 12.5 Å². The Morgan fingerprint density at radius 3 is 2.48 bits per heavy atom. The Balaban J connectivity index is 1.87. The molecule has 2 rings (SSSR count). The molecule has 0 saturated carbocycles. The summed E-state index contributed by atoms with van der Waals surface area (Å²) in [5.41, 5.74) is 3.18. The molecule has 0 aliphatic rings. The Hall–Kier alpha value is -1.65. The molecule has 0 fully saturated rings. The second-order valence-electron chi connectivity index (χ2n) is 5.34. The largest absolute Gasteiger partial charge is 0.392 e. The fourth-order valence-corrected chi connectivity index (χ4v) is 3.14. The third kappa shape index (κ3) is 4.16. The van der Waals surface area contributed by atoms with Crippen LogP contribution in [0.2, 0.25) is 0 Å². The molecule has 0 saturated heterocycles. The molecule has 112 valence electrons. The van der Waals surface area contributed by atoms with Gasteiger partial charge >= 0.3 is 0 Å². The third-order valence-corrected chi connectivity index (χ3v) is 4.36. The maximum Gasteiger partial charge on any atom is 0.261 e. The normalized spacial score (nSPS) is 10.9. The van der Waals surface area contributed by atoms with Gasteiger partial charge in [-0.2, -0.15) is 0 Å². The summed E-state index contributed by atoms with van der Waals surface area (Å²) in [6.45, 7) is 4.88. The molecule has 4 heteroatoms. The molecule has 2 N–H and O–H groups in total. The molecule has 1 amide bonds. The van der Waals surface area contributed by atoms with Gasteiger partial charge in [-0.25, -0.2) is 0 Å². The topological polar surface area (TPSA) is 49.3 Å². The molecule has 21 heavy (non-hydrogen) atoms. The van der Waals surface area contributed by atoms with Crippen molar-refractivity contribution in [1.82, 2.24) is 5.32 Å². The fourth-order valence-electron chi connectivity index (χ4n) is 2.17. The first-order valence-electron chi connectivity index (χ1n) is 7.16. The number of carbonyl (C=O) groups excluding carboxylic acids is 1. The second kappa shape index (κ2) is 7.38. The fraction of sp³-hybridized carbons (Fsp3) is 0.353. The van der Waals surface area contributed by atoms with Crippen LogP contribution in [0.5, 0.6) is 0 Å². The van der Waals surface area contributed by atoms with Crippen molar-refractivity contribution < 1.29 is 9.90 Å². The van der Waals surface area contributed by atoms with Crippen LogP contribution >= 0.6 is 11.3 Å². The average Bonchev–Trinajstić information content (AvgIpc) is 2.97. The van der Waals surface area contributed by atoms with E-state index in [0.717, 1.165) is 28.0 Å². The lowest BCUT2D eigenvalue weighted by Gasteiger charge is -2.08. The van der Waals surface area contributed by atoms with Gasteiger partial charge in [0, 0.05) is 6.54 Å². The van der Waals surface area contributed by atoms with Crippen molar-refractivity contribution in [3.63, 3.8) is 0 Å². The van der Waals surface area contributed by atoms with Gasteiger partial charge in [0.05, 0.1) is 11.5 Å². The number of carbonyl (C=O) groups is 1. The van der Waals surface area contributed by atoms with Crippen LogP contribution in [0.25, 0.3) is 0 Å². The number of hydrogen-bond donors (Lipinski definition) is 2. The minimum atomic E-state index is 0.0145. The lowest BCUT2D eigenvalue weighted by atomic mass is 10.0. The molecule has 0 atom stereocenters. The molecule has 0 bridgehead atoms. The van der Waals surface area contributed by atoms with Crippen LogP contribution in [0.15, 0.2) is 35.7 Å². The summed E-state index contributed by atoms with van der Waals surface area (Å²) in [5, 5.41) is 13.9. The van der Waals surface area contributed by atoms with Crippen LogP contribution in [0.4, 0.5) is 0 Å². The standard InChI is InChI=1S/C17H21NO2S/c1-12(2)15-8-10-21-16(15)17(20)18-9-7-13-3-5-14(11-19)6-4-13/h3-6,8,10,12,19H,7,9,11H2,1-2H3,(H,18,20). The van der Waals surface area contributed by atoms with E-state index in [1.165, 1.54) is 11.3 Å². The molecule has 3 nitrogen and oxygen atoms in total. The van der Waals surface area contributed by atoms with Crippen molar-refractivity contribution in [3.05, 3.63) is 57.3 Å². The summed E-state index contributed by atoms with van der Waals surface area (Å²) >= 11 is 1.50. The van der Waals surface area contributed by atoms with Crippen molar-refractivity contribution in [2.24, 2.45) is 0 Å². The quantitative estimate of drug-likeness (QED) is 0.860. The zero-order valence-electron chi connectivity index (χ0n) is 12.4. The summed E-state index contributed by atoms with van der Waals surface area (Å²) in [4.78, 5) is 13.0. The van der Waals surface area contributed by atoms with Gasteiger partial charge < -0.3 is 10.4 Å². The van der Waals surface area contributed by atoms with Crippen LogP contribution in [0.3, 0.4) is 0 Å². The van der Waals surface area contributed by atoms with Gasteiger partial charge in [0.2, 0.25) is 0 Å². The van der Waals surface area contributed by atoms with E-state index >= 15 is 0 Å². The smallest absolute Gasteiger partial charge is 0.261 e. The lowest BCUT2D eigenvalue weighted by molar-refractivity contribution is 0.0957. The lowest BCUT2D eigenvalue weighted by Crippen LogP contribution is -2.25. The summed E-state index contributed by atoms with van der Waals surface area (Å²) in [5.74, 6) is 0.378. The third-order valence-electron chi connectivity index (χ3n) is 3.43. The Kier molecular flexibility index (Phi) is 5.53. The first-order chi connectivity index (χ1) is 10.1. The Morgan fingerprint density at radius 1 is 1.19 bits per heavy atom. The molecular weight excluding hydrogens is 282 g/mol. The maximum absolute atomic E-state index is 12.2. The molecule has 2 aromatic rings. The van der Waals surface area contributed by atoms with Gasteiger partial charge in [-0.15, -0.1) is 11.3 Å². The number of aliphatic hydroxyl groups excluding tert-OH is 1. The highest BCUT2D eigenvalue weighted by molar-refractivity contribution is 7.12. The van der Waals surface area contributed by atoms with Gasteiger partial charge in [-0.1, -0.05) is 38.1 Å². The van der Waals surface area contributed by atoms with E-state index in [1.54, 1.807) is 0 Å². The number of hydrogen-bond acceptors (Lipinski definition) is 3. The Labute approximate surface area is 129 Å². The highest BCUT2D eigenvalue weighted by Gasteiger charge is 2.14. The second-order valence-corrected chi connectivity index (χ2v) is 6.26. The van der Waals surface area contributed by atoms with Crippen molar-refractivity contribution in [2.45, 2.75) is 32.8 Å². The Morgan fingerprint density at radius 2 is 1.86 bits per heavy atom. The molecule has 0 aliphatic carbocycles. The monoisotopic (exact) mass is 303 g/mol. The van der Waals surface area contributed by atoms with Gasteiger partial charge in [-0.3, -0.25) is 4.79 Å². The molecule has 1 aromatic carbocycles. The van der Waals surface area contributed by atoms with Gasteiger partial charge in [0.1, 0.15) is 0 Å². The SMILES string of the molecule is CC(C)c1ccsc1C(=O)NCCc1ccc(CO)cc1. The Bertz CT molecular complexity index is 587. The van der Waals surface area contributed by atoms with Crippen LogP contribution in [-0.4, -0.2) is 17.6 Å². The van der Waals surface area contributed by atoms with Crippen LogP contribution in [0, 0.1) is 0 Å². The van der Waals surface area contributed by atoms with Crippen LogP contribution < -0.4 is 5.32 Å². The van der Waals surface area contributed by atoms with E-state index in [2.05, 4.69) is 19.2 Å². The van der Waals surface area contributed by atoms with Crippen LogP contribution in [0.1, 0.15) is 46.1 Å². The first-order valence-corrected chi connectivity index (χ1v) is 8.04. The van der Waals surface area contributed by atoms with Crippen molar-refractivity contribution in [3.8, 4) is 0 Å². The minimum absolute atomic E-state index is 0.0145. The van der Waals surface area contributed by atoms with Crippen molar-refractivity contribution in [2.75, 3.05) is 6.54 Å². The molecule has 0 unspecified atom stereocenters. The summed E-state index contributed by atoms with van der Waals surface area (Å²) in [6.07, 6.45) is 0.792. The number of aliphatic hydroxyl groups is 1. The number of rotatable bonds is 6. The predicted octanol–water partition coefficient (Wildman–Crippen LogP) is 3.34. The number of amides is 1. The van der Waals surface area contributed by atoms with Gasteiger partial charge in [0.15, 0.2) is 0 Å². The molecule has 0 radical (unpaired) electrons. The van der Waals surface area contributed by atoms with E-state index in [4.69, 9.17) is 5.11 Å². The summed E-state index contributed by atoms with van der Waals surface area (Å²) in [6, 6.07) is 9.82. The summed E-state index contributed by atoms with van der Waals surface area (Å²) in [7, 11) is 0. The maximum atomic E-state index is 12.2. The molecular formula is C17H21NO2S. The molecule has 1 heterocycles. The van der Waals surface area contributed by atoms with Crippen LogP contribution in [-0.2, 0) is 13.0 Å². The van der Waals surface area contributed by atoms with E-state index in [0.29, 0.717) is 12.5 Å². The van der Waals surface area contributed by atoms with E-state index in [1.807, 2.05) is 35.7 Å². The van der Waals surface area contributed by atoms with E-state index in [9.17, 15) is 4.79 Å². The predicted molar refractivity (Wildman–Crippen MR) is 86.8 cm³/mol. The molecule has 0 spiro atoms. The van der Waals surface area contributed by atoms with Crippen molar-refractivity contribution >= 4 is 17.2 Å². The highest BCUT2D eigenvalue weighted by Crippen LogP contribution is 2.24. The summed E-state index contributed by atoms with van der Waals surface area (Å²) < 4.78 is 0. The zero-order valence-corrected chi connectivity index (χ0v) is 13.2. The average molecular weight is 303 g/mol. The van der Waals surface area contributed by atoms with Gasteiger partial charge in [0.25, 0.3) is 5.91 Å². The zero-order chi connectivity index (χ0) is 15.2. The first kappa shape index (κ1) is 15.7. The number of thiophene rings is 1. The highest BCUT2D eigenvalue weighted by atomic mass is 32.1. The van der Waals surface area contributed by atoms with Gasteiger partial charge in [-0.05, 0) is 40.5 Å². The molecule has 1 aromatic heterocycles. The van der Waals surface area contributed by atoms with Crippen molar-refractivity contribution in [1.29, 1.82) is 0 Å². The van der Waals surface area contributed by atoms with E-state index < -0.39 is 0 Å². The minimum Gasteiger partial charge on any atom is -0.392 e. The molecule has 0 aliphatic heterocycles.